The smallest absolute Gasteiger partial charge is 0.350 e. The van der Waals surface area contributed by atoms with E-state index in [0.29, 0.717) is 5.56 Å². The van der Waals surface area contributed by atoms with Gasteiger partial charge >= 0.3 is 6.18 Å². The monoisotopic (exact) mass is 414 g/mol. The number of benzene rings is 2. The van der Waals surface area contributed by atoms with E-state index in [-0.39, 0.29) is 11.6 Å². The van der Waals surface area contributed by atoms with Gasteiger partial charge in [-0.1, -0.05) is 56.3 Å². The van der Waals surface area contributed by atoms with Crippen molar-refractivity contribution in [3.8, 4) is 0 Å². The summed E-state index contributed by atoms with van der Waals surface area (Å²) in [6, 6.07) is 16.9. The van der Waals surface area contributed by atoms with Crippen molar-refractivity contribution < 1.29 is 18.0 Å². The van der Waals surface area contributed by atoms with Crippen molar-refractivity contribution in [3.05, 3.63) is 89.2 Å². The third-order valence-corrected chi connectivity index (χ3v) is 4.99. The van der Waals surface area contributed by atoms with E-state index in [9.17, 15) is 18.0 Å². The molecule has 3 aromatic rings. The van der Waals surface area contributed by atoms with E-state index < -0.39 is 17.6 Å². The van der Waals surface area contributed by atoms with Gasteiger partial charge in [0.2, 0.25) is 0 Å². The number of carbonyl (C=O) groups is 1. The van der Waals surface area contributed by atoms with Crippen LogP contribution < -0.4 is 5.32 Å². The van der Waals surface area contributed by atoms with Crippen molar-refractivity contribution in [1.82, 2.24) is 4.57 Å². The summed E-state index contributed by atoms with van der Waals surface area (Å²) in [5, 5.41) is 2.45. The molecule has 0 saturated carbocycles. The summed E-state index contributed by atoms with van der Waals surface area (Å²) in [4.78, 5) is 12.8. The van der Waals surface area contributed by atoms with Gasteiger partial charge in [0.25, 0.3) is 5.91 Å². The highest BCUT2D eigenvalue weighted by Gasteiger charge is 2.34. The van der Waals surface area contributed by atoms with Gasteiger partial charge in [-0.25, -0.2) is 0 Å². The Labute approximate surface area is 174 Å². The van der Waals surface area contributed by atoms with Crippen molar-refractivity contribution in [2.24, 2.45) is 0 Å². The fraction of sp³-hybridized carbons (Fsp3) is 0.292. The minimum atomic E-state index is -4.53. The van der Waals surface area contributed by atoms with Gasteiger partial charge in [0.05, 0.1) is 16.8 Å². The normalized spacial score (nSPS) is 11.7. The first-order valence-electron chi connectivity index (χ1n) is 9.98. The number of aryl methyl sites for hydroxylation is 2. The number of hydrogen-bond donors (Lipinski definition) is 1. The summed E-state index contributed by atoms with van der Waals surface area (Å²) >= 11 is 0. The average Bonchev–Trinajstić information content (AvgIpc) is 3.13. The molecule has 3 rings (SSSR count). The highest BCUT2D eigenvalue weighted by atomic mass is 19.4. The number of hydrogen-bond acceptors (Lipinski definition) is 1. The maximum absolute atomic E-state index is 13.2. The summed E-state index contributed by atoms with van der Waals surface area (Å²) < 4.78 is 41.7. The van der Waals surface area contributed by atoms with E-state index in [0.717, 1.165) is 31.1 Å². The first kappa shape index (κ1) is 21.7. The fourth-order valence-electron chi connectivity index (χ4n) is 3.64. The van der Waals surface area contributed by atoms with Crippen LogP contribution >= 0.6 is 0 Å². The Morgan fingerprint density at radius 2 is 1.67 bits per heavy atom. The third-order valence-electron chi connectivity index (χ3n) is 4.99. The minimum absolute atomic E-state index is 0.0512. The molecule has 0 fully saturated rings. The maximum atomic E-state index is 13.2. The van der Waals surface area contributed by atoms with E-state index in [1.165, 1.54) is 23.8 Å². The second-order valence-corrected chi connectivity index (χ2v) is 7.55. The van der Waals surface area contributed by atoms with Crippen molar-refractivity contribution >= 4 is 11.6 Å². The first-order valence-corrected chi connectivity index (χ1v) is 9.98. The lowest BCUT2D eigenvalue weighted by Crippen LogP contribution is -2.18. The van der Waals surface area contributed by atoms with Crippen LogP contribution in [0.3, 0.4) is 0 Å². The van der Waals surface area contributed by atoms with Gasteiger partial charge in [-0.3, -0.25) is 4.79 Å². The second kappa shape index (κ2) is 9.20. The number of nitrogens with zero attached hydrogens (tertiary/aromatic N) is 1. The standard InChI is InChI=1S/C24H25F3N2O/c1-17(2)22-19(14-16-29(22)15-8-11-18-9-4-3-5-10-18)23(30)28-21-13-7-6-12-20(21)24(25,26)27/h3-7,9-10,12-14,16-17H,8,11,15H2,1-2H3,(H,28,30). The molecule has 0 aliphatic rings. The van der Waals surface area contributed by atoms with E-state index in [2.05, 4.69) is 17.4 Å². The Morgan fingerprint density at radius 3 is 2.33 bits per heavy atom. The molecular formula is C24H25F3N2O. The van der Waals surface area contributed by atoms with Gasteiger partial charge in [0, 0.05) is 18.4 Å². The lowest BCUT2D eigenvalue weighted by atomic mass is 10.0. The molecule has 1 heterocycles. The topological polar surface area (TPSA) is 34.0 Å². The van der Waals surface area contributed by atoms with Crippen LogP contribution in [-0.2, 0) is 19.1 Å². The molecule has 158 valence electrons. The number of anilines is 1. The first-order chi connectivity index (χ1) is 14.3. The van der Waals surface area contributed by atoms with Gasteiger partial charge in [-0.15, -0.1) is 0 Å². The molecule has 1 amide bonds. The minimum Gasteiger partial charge on any atom is -0.350 e. The van der Waals surface area contributed by atoms with Gasteiger partial charge < -0.3 is 9.88 Å². The van der Waals surface area contributed by atoms with E-state index in [4.69, 9.17) is 0 Å². The van der Waals surface area contributed by atoms with Gasteiger partial charge in [0.15, 0.2) is 0 Å². The Bertz CT molecular complexity index is 991. The zero-order valence-corrected chi connectivity index (χ0v) is 17.0. The van der Waals surface area contributed by atoms with Crippen molar-refractivity contribution in [2.75, 3.05) is 5.32 Å². The molecule has 0 unspecified atom stereocenters. The molecule has 0 bridgehead atoms. The second-order valence-electron chi connectivity index (χ2n) is 7.55. The molecule has 0 spiro atoms. The zero-order chi connectivity index (χ0) is 21.7. The summed E-state index contributed by atoms with van der Waals surface area (Å²) in [7, 11) is 0. The molecular weight excluding hydrogens is 389 g/mol. The number of rotatable bonds is 7. The summed E-state index contributed by atoms with van der Waals surface area (Å²) in [5.41, 5.74) is 1.39. The number of carbonyl (C=O) groups excluding carboxylic acids is 1. The average molecular weight is 414 g/mol. The molecule has 0 aliphatic heterocycles. The fourth-order valence-corrected chi connectivity index (χ4v) is 3.64. The molecule has 0 aliphatic carbocycles. The van der Waals surface area contributed by atoms with Crippen LogP contribution in [0.15, 0.2) is 66.9 Å². The Kier molecular flexibility index (Phi) is 6.65. The molecule has 3 nitrogen and oxygen atoms in total. The molecule has 30 heavy (non-hydrogen) atoms. The summed E-state index contributed by atoms with van der Waals surface area (Å²) in [6.07, 6.45) is -0.882. The lowest BCUT2D eigenvalue weighted by Gasteiger charge is -2.16. The van der Waals surface area contributed by atoms with Crippen LogP contribution in [0.25, 0.3) is 0 Å². The van der Waals surface area contributed by atoms with E-state index >= 15 is 0 Å². The number of nitrogens with one attached hydrogen (secondary N) is 1. The van der Waals surface area contributed by atoms with Crippen molar-refractivity contribution in [2.45, 2.75) is 45.3 Å². The molecule has 0 saturated heterocycles. The maximum Gasteiger partial charge on any atom is 0.418 e. The molecule has 1 N–H and O–H groups in total. The predicted molar refractivity (Wildman–Crippen MR) is 113 cm³/mol. The van der Waals surface area contributed by atoms with Crippen molar-refractivity contribution in [3.63, 3.8) is 0 Å². The highest BCUT2D eigenvalue weighted by molar-refractivity contribution is 6.05. The number of para-hydroxylation sites is 1. The van der Waals surface area contributed by atoms with Crippen LogP contribution in [0, 0.1) is 0 Å². The number of aromatic nitrogens is 1. The highest BCUT2D eigenvalue weighted by Crippen LogP contribution is 2.35. The van der Waals surface area contributed by atoms with Gasteiger partial charge in [-0.05, 0) is 42.5 Å². The van der Waals surface area contributed by atoms with Gasteiger partial charge in [0.1, 0.15) is 0 Å². The van der Waals surface area contributed by atoms with Crippen LogP contribution in [-0.4, -0.2) is 10.5 Å². The van der Waals surface area contributed by atoms with Gasteiger partial charge in [-0.2, -0.15) is 13.2 Å². The Hall–Kier alpha value is -3.02. The van der Waals surface area contributed by atoms with Crippen LogP contribution in [0.1, 0.15) is 53.4 Å². The van der Waals surface area contributed by atoms with Crippen LogP contribution in [0.5, 0.6) is 0 Å². The molecule has 2 aromatic carbocycles. The Morgan fingerprint density at radius 1 is 1.00 bits per heavy atom. The largest absolute Gasteiger partial charge is 0.418 e. The predicted octanol–water partition coefficient (Wildman–Crippen LogP) is 6.52. The molecule has 0 radical (unpaired) electrons. The molecule has 0 atom stereocenters. The van der Waals surface area contributed by atoms with Crippen LogP contribution in [0.2, 0.25) is 0 Å². The van der Waals surface area contributed by atoms with Crippen molar-refractivity contribution in [1.29, 1.82) is 0 Å². The molecule has 6 heteroatoms. The number of amides is 1. The quantitative estimate of drug-likeness (QED) is 0.469. The van der Waals surface area contributed by atoms with E-state index in [1.807, 2.05) is 42.8 Å². The lowest BCUT2D eigenvalue weighted by molar-refractivity contribution is -0.136. The van der Waals surface area contributed by atoms with E-state index in [1.54, 1.807) is 6.07 Å². The van der Waals surface area contributed by atoms with Crippen LogP contribution in [0.4, 0.5) is 18.9 Å². The number of halogens is 3. The third kappa shape index (κ3) is 5.12. The summed E-state index contributed by atoms with van der Waals surface area (Å²) in [5.74, 6) is -0.479. The SMILES string of the molecule is CC(C)c1c(C(=O)Nc2ccccc2C(F)(F)F)ccn1CCCc1ccccc1. The molecule has 1 aromatic heterocycles. The Balaban J connectivity index is 1.77. The summed E-state index contributed by atoms with van der Waals surface area (Å²) in [6.45, 7) is 4.68. The number of alkyl halides is 3. The zero-order valence-electron chi connectivity index (χ0n) is 17.0.